The molecule has 3 heteroatoms. The van der Waals surface area contributed by atoms with E-state index < -0.39 is 11.9 Å². The Morgan fingerprint density at radius 1 is 1.45 bits per heavy atom. The number of aliphatic hydroxyl groups excluding tert-OH is 2. The van der Waals surface area contributed by atoms with Crippen molar-refractivity contribution in [3.05, 3.63) is 35.6 Å². The van der Waals surface area contributed by atoms with E-state index in [0.717, 1.165) is 0 Å². The van der Waals surface area contributed by atoms with Crippen molar-refractivity contribution in [2.45, 2.75) is 6.10 Å². The molecule has 0 amide bonds. The van der Waals surface area contributed by atoms with Gasteiger partial charge in [0.05, 0.1) is 6.61 Å². The molecule has 1 aromatic rings. The predicted octanol–water partition coefficient (Wildman–Crippen LogP) is 0.851. The highest BCUT2D eigenvalue weighted by atomic mass is 19.1. The molecule has 0 radical (unpaired) electrons. The van der Waals surface area contributed by atoms with Crippen LogP contribution in [-0.2, 0) is 0 Å². The van der Waals surface area contributed by atoms with Crippen LogP contribution in [0.1, 0.15) is 11.7 Å². The Morgan fingerprint density at radius 2 is 2.18 bits per heavy atom. The third kappa shape index (κ3) is 2.00. The fourth-order valence-electron chi connectivity index (χ4n) is 0.819. The molecule has 0 aliphatic carbocycles. The molecular formula is C8H9FO2. The molecule has 0 aliphatic rings. The van der Waals surface area contributed by atoms with Crippen molar-refractivity contribution in [2.75, 3.05) is 6.61 Å². The van der Waals surface area contributed by atoms with E-state index in [2.05, 4.69) is 0 Å². The van der Waals surface area contributed by atoms with Gasteiger partial charge in [-0.1, -0.05) is 12.1 Å². The van der Waals surface area contributed by atoms with Crippen LogP contribution < -0.4 is 0 Å². The van der Waals surface area contributed by atoms with Gasteiger partial charge in [-0.05, 0) is 17.7 Å². The van der Waals surface area contributed by atoms with Crippen LogP contribution in [0.5, 0.6) is 0 Å². The first kappa shape index (κ1) is 8.17. The summed E-state index contributed by atoms with van der Waals surface area (Å²) in [6.45, 7) is -0.385. The lowest BCUT2D eigenvalue weighted by Crippen LogP contribution is -2.02. The van der Waals surface area contributed by atoms with Gasteiger partial charge in [0.25, 0.3) is 0 Å². The molecule has 0 fully saturated rings. The molecule has 1 aromatic carbocycles. The third-order valence-electron chi connectivity index (χ3n) is 1.41. The molecule has 2 N–H and O–H groups in total. The van der Waals surface area contributed by atoms with Crippen molar-refractivity contribution in [1.29, 1.82) is 0 Å². The smallest absolute Gasteiger partial charge is 0.123 e. The number of halogens is 1. The maximum Gasteiger partial charge on any atom is 0.123 e. The standard InChI is InChI=1S/C8H9FO2/c9-7-3-1-2-6(4-7)8(11)5-10/h1-4,8,10-11H,5H2/t8-/m0/s1. The third-order valence-corrected chi connectivity index (χ3v) is 1.41. The summed E-state index contributed by atoms with van der Waals surface area (Å²) in [5.74, 6) is -0.407. The van der Waals surface area contributed by atoms with Crippen molar-refractivity contribution < 1.29 is 14.6 Å². The van der Waals surface area contributed by atoms with Gasteiger partial charge in [-0.3, -0.25) is 0 Å². The number of aliphatic hydroxyl groups is 2. The molecule has 1 rings (SSSR count). The zero-order valence-electron chi connectivity index (χ0n) is 5.87. The fourth-order valence-corrected chi connectivity index (χ4v) is 0.819. The highest BCUT2D eigenvalue weighted by Gasteiger charge is 2.04. The Kier molecular flexibility index (Phi) is 2.57. The Hall–Kier alpha value is -0.930. The molecule has 0 heterocycles. The lowest BCUT2D eigenvalue weighted by molar-refractivity contribution is 0.0954. The van der Waals surface area contributed by atoms with E-state index in [1.54, 1.807) is 6.07 Å². The Morgan fingerprint density at radius 3 is 2.73 bits per heavy atom. The Balaban J connectivity index is 2.86. The summed E-state index contributed by atoms with van der Waals surface area (Å²) < 4.78 is 12.5. The minimum absolute atomic E-state index is 0.385. The molecule has 0 saturated carbocycles. The lowest BCUT2D eigenvalue weighted by Gasteiger charge is -2.05. The zero-order chi connectivity index (χ0) is 8.27. The zero-order valence-corrected chi connectivity index (χ0v) is 5.87. The van der Waals surface area contributed by atoms with Gasteiger partial charge in [-0.15, -0.1) is 0 Å². The molecule has 2 nitrogen and oxygen atoms in total. The van der Waals surface area contributed by atoms with Gasteiger partial charge in [0.15, 0.2) is 0 Å². The molecule has 0 aliphatic heterocycles. The van der Waals surface area contributed by atoms with E-state index in [1.165, 1.54) is 18.2 Å². The second kappa shape index (κ2) is 3.46. The van der Waals surface area contributed by atoms with Crippen LogP contribution in [0.3, 0.4) is 0 Å². The minimum Gasteiger partial charge on any atom is -0.393 e. The SMILES string of the molecule is OC[C@H](O)c1cccc(F)c1. The maximum absolute atomic E-state index is 12.5. The lowest BCUT2D eigenvalue weighted by atomic mass is 10.1. The normalized spacial score (nSPS) is 13.0. The van der Waals surface area contributed by atoms with Crippen molar-refractivity contribution in [2.24, 2.45) is 0 Å². The van der Waals surface area contributed by atoms with Crippen LogP contribution in [0, 0.1) is 5.82 Å². The van der Waals surface area contributed by atoms with Gasteiger partial charge in [-0.25, -0.2) is 4.39 Å². The summed E-state index contributed by atoms with van der Waals surface area (Å²) in [5, 5.41) is 17.5. The topological polar surface area (TPSA) is 40.5 Å². The molecule has 1 atom stereocenters. The van der Waals surface area contributed by atoms with E-state index in [4.69, 9.17) is 10.2 Å². The molecule has 0 saturated heterocycles. The fraction of sp³-hybridized carbons (Fsp3) is 0.250. The van der Waals surface area contributed by atoms with E-state index in [0.29, 0.717) is 5.56 Å². The summed E-state index contributed by atoms with van der Waals surface area (Å²) in [4.78, 5) is 0. The van der Waals surface area contributed by atoms with Crippen LogP contribution in [0.4, 0.5) is 4.39 Å². The van der Waals surface area contributed by atoms with Crippen molar-refractivity contribution in [1.82, 2.24) is 0 Å². The molecule has 0 unspecified atom stereocenters. The largest absolute Gasteiger partial charge is 0.393 e. The van der Waals surface area contributed by atoms with Gasteiger partial charge in [0.1, 0.15) is 11.9 Å². The van der Waals surface area contributed by atoms with Gasteiger partial charge in [0, 0.05) is 0 Å². The second-order valence-corrected chi connectivity index (χ2v) is 2.25. The molecule has 0 spiro atoms. The summed E-state index contributed by atoms with van der Waals surface area (Å²) in [5.41, 5.74) is 0.396. The monoisotopic (exact) mass is 156 g/mol. The summed E-state index contributed by atoms with van der Waals surface area (Å²) >= 11 is 0. The first-order valence-corrected chi connectivity index (χ1v) is 3.28. The van der Waals surface area contributed by atoms with Crippen molar-refractivity contribution >= 4 is 0 Å². The summed E-state index contributed by atoms with van der Waals surface area (Å²) in [6.07, 6.45) is -0.981. The summed E-state index contributed by atoms with van der Waals surface area (Å²) in [6, 6.07) is 5.53. The summed E-state index contributed by atoms with van der Waals surface area (Å²) in [7, 11) is 0. The quantitative estimate of drug-likeness (QED) is 0.666. The first-order chi connectivity index (χ1) is 5.24. The van der Waals surface area contributed by atoms with Crippen LogP contribution in [0.2, 0.25) is 0 Å². The van der Waals surface area contributed by atoms with E-state index >= 15 is 0 Å². The average molecular weight is 156 g/mol. The van der Waals surface area contributed by atoms with Gasteiger partial charge < -0.3 is 10.2 Å². The molecular weight excluding hydrogens is 147 g/mol. The van der Waals surface area contributed by atoms with Crippen LogP contribution in [0.25, 0.3) is 0 Å². The predicted molar refractivity (Wildman–Crippen MR) is 38.4 cm³/mol. The molecule has 0 aromatic heterocycles. The number of benzene rings is 1. The van der Waals surface area contributed by atoms with E-state index in [1.807, 2.05) is 0 Å². The average Bonchev–Trinajstić information content (AvgIpc) is 2.03. The number of rotatable bonds is 2. The van der Waals surface area contributed by atoms with E-state index in [-0.39, 0.29) is 6.61 Å². The minimum atomic E-state index is -0.981. The maximum atomic E-state index is 12.5. The highest BCUT2D eigenvalue weighted by molar-refractivity contribution is 5.18. The number of hydrogen-bond acceptors (Lipinski definition) is 2. The van der Waals surface area contributed by atoms with Crippen molar-refractivity contribution in [3.8, 4) is 0 Å². The molecule has 60 valence electrons. The van der Waals surface area contributed by atoms with Gasteiger partial charge in [0.2, 0.25) is 0 Å². The van der Waals surface area contributed by atoms with Crippen LogP contribution in [-0.4, -0.2) is 16.8 Å². The highest BCUT2D eigenvalue weighted by Crippen LogP contribution is 2.12. The van der Waals surface area contributed by atoms with E-state index in [9.17, 15) is 4.39 Å². The van der Waals surface area contributed by atoms with Crippen LogP contribution in [0.15, 0.2) is 24.3 Å². The van der Waals surface area contributed by atoms with Gasteiger partial charge in [-0.2, -0.15) is 0 Å². The first-order valence-electron chi connectivity index (χ1n) is 3.28. The molecule has 11 heavy (non-hydrogen) atoms. The number of hydrogen-bond donors (Lipinski definition) is 2. The second-order valence-electron chi connectivity index (χ2n) is 2.25. The molecule has 0 bridgehead atoms. The van der Waals surface area contributed by atoms with Crippen molar-refractivity contribution in [3.63, 3.8) is 0 Å². The Bertz CT molecular complexity index is 237. The Labute approximate surface area is 63.9 Å². The van der Waals surface area contributed by atoms with Gasteiger partial charge >= 0.3 is 0 Å². The van der Waals surface area contributed by atoms with Crippen LogP contribution >= 0.6 is 0 Å².